The molecule has 0 aromatic rings. The smallest absolute Gasteiger partial charge is 0.429 e. The molecule has 9 heteroatoms. The van der Waals surface area contributed by atoms with Crippen molar-refractivity contribution in [3.63, 3.8) is 0 Å². The highest BCUT2D eigenvalue weighted by Crippen LogP contribution is 2.64. The van der Waals surface area contributed by atoms with Crippen LogP contribution in [-0.2, 0) is 38.5 Å². The second-order valence-corrected chi connectivity index (χ2v) is 19.3. The van der Waals surface area contributed by atoms with E-state index in [1.165, 1.54) is 6.42 Å². The standard InChI is InChI=1S/C39H62O9/c1-21-10-12-27-23(3)29(41-31-19-36(8)16-14-25(21)38(27,31)47-45-36)18-30(42-34(40)44-35(5,6)7)33-24(4)28-13-11-22(2)26-15-17-37(9)20-32(43-33)39(26,28)48-46-37/h21-33H,10-20H2,1-9H3/t21-,22-,23-,24-,25+,26+,27+,28+,29-,30+,31-,32-,33?,36+,37+,38-,39-/m1/s1. The Hall–Kier alpha value is -0.970. The molecule has 17 atom stereocenters. The van der Waals surface area contributed by atoms with Crippen molar-refractivity contribution in [1.29, 1.82) is 0 Å². The summed E-state index contributed by atoms with van der Waals surface area (Å²) in [4.78, 5) is 39.2. The number of hydrogen-bond acceptors (Lipinski definition) is 9. The number of fused-ring (bicyclic) bond motifs is 4. The van der Waals surface area contributed by atoms with Crippen LogP contribution in [0.1, 0.15) is 133 Å². The maximum Gasteiger partial charge on any atom is 0.509 e. The van der Waals surface area contributed by atoms with Crippen LogP contribution in [0.5, 0.6) is 0 Å². The van der Waals surface area contributed by atoms with E-state index in [0.29, 0.717) is 36.0 Å². The SMILES string of the molecule is C[C@H]1[C@@H](C[C@H](OC(=O)OC(C)(C)C)C2O[C@@H]3C[C@]4(C)CC[C@H]5[C@H](C)CC[C@@H]([C@H]2C)[C@@]35OO4)O[C@@H]2C[C@]3(C)CC[C@H]4[C@H](C)CC[C@@H]1[C@@]24OO3. The molecule has 1 unspecified atom stereocenters. The fourth-order valence-corrected chi connectivity index (χ4v) is 12.6. The van der Waals surface area contributed by atoms with Gasteiger partial charge < -0.3 is 18.9 Å². The Balaban J connectivity index is 1.12. The summed E-state index contributed by atoms with van der Waals surface area (Å²) < 4.78 is 26.7. The van der Waals surface area contributed by atoms with E-state index >= 15 is 0 Å². The van der Waals surface area contributed by atoms with Gasteiger partial charge in [-0.15, -0.1) is 0 Å². The lowest BCUT2D eigenvalue weighted by atomic mass is 9.55. The Bertz CT molecular complexity index is 1250. The average molecular weight is 675 g/mol. The number of carbonyl (C=O) groups excluding carboxylic acids is 1. The monoisotopic (exact) mass is 674 g/mol. The molecule has 4 saturated carbocycles. The molecule has 10 fully saturated rings. The zero-order valence-electron chi connectivity index (χ0n) is 31.0. The first kappa shape index (κ1) is 34.1. The molecular weight excluding hydrogens is 612 g/mol. The summed E-state index contributed by atoms with van der Waals surface area (Å²) in [5.41, 5.74) is -2.30. The highest BCUT2D eigenvalue weighted by Gasteiger charge is 2.70. The molecule has 0 aromatic carbocycles. The maximum absolute atomic E-state index is 13.5. The second kappa shape index (κ2) is 11.5. The third kappa shape index (κ3) is 5.16. The van der Waals surface area contributed by atoms with Gasteiger partial charge in [0, 0.05) is 19.3 Å². The topological polar surface area (TPSA) is 90.9 Å². The summed E-state index contributed by atoms with van der Waals surface area (Å²) in [7, 11) is 0. The second-order valence-electron chi connectivity index (χ2n) is 19.3. The minimum absolute atomic E-state index is 0.0588. The summed E-state index contributed by atoms with van der Waals surface area (Å²) >= 11 is 0. The zero-order valence-corrected chi connectivity index (χ0v) is 31.0. The van der Waals surface area contributed by atoms with E-state index in [2.05, 4.69) is 41.5 Å². The van der Waals surface area contributed by atoms with Crippen LogP contribution < -0.4 is 0 Å². The van der Waals surface area contributed by atoms with Crippen LogP contribution in [0.4, 0.5) is 4.79 Å². The van der Waals surface area contributed by atoms with Gasteiger partial charge in [-0.1, -0.05) is 27.7 Å². The van der Waals surface area contributed by atoms with E-state index in [1.807, 2.05) is 20.8 Å². The summed E-state index contributed by atoms with van der Waals surface area (Å²) in [5.74, 6) is 2.74. The first-order valence-corrected chi connectivity index (χ1v) is 19.5. The lowest BCUT2D eigenvalue weighted by molar-refractivity contribution is -0.491. The average Bonchev–Trinajstić information content (AvgIpc) is 3.38. The largest absolute Gasteiger partial charge is 0.509 e. The third-order valence-electron chi connectivity index (χ3n) is 15.0. The highest BCUT2D eigenvalue weighted by atomic mass is 17.2. The molecule has 4 bridgehead atoms. The van der Waals surface area contributed by atoms with E-state index in [0.717, 1.165) is 57.8 Å². The Kier molecular flexibility index (Phi) is 8.19. The van der Waals surface area contributed by atoms with E-state index in [1.54, 1.807) is 0 Å². The molecule has 0 radical (unpaired) electrons. The molecular formula is C39H62O9. The first-order valence-electron chi connectivity index (χ1n) is 19.5. The van der Waals surface area contributed by atoms with E-state index in [4.69, 9.17) is 38.5 Å². The summed E-state index contributed by atoms with van der Waals surface area (Å²) in [5, 5.41) is 0. The van der Waals surface area contributed by atoms with Crippen LogP contribution >= 0.6 is 0 Å². The van der Waals surface area contributed by atoms with Gasteiger partial charge >= 0.3 is 6.16 Å². The molecule has 6 heterocycles. The van der Waals surface area contributed by atoms with Crippen molar-refractivity contribution in [2.75, 3.05) is 0 Å². The van der Waals surface area contributed by atoms with Crippen molar-refractivity contribution in [2.45, 2.75) is 191 Å². The van der Waals surface area contributed by atoms with Crippen molar-refractivity contribution in [3.8, 4) is 0 Å². The number of rotatable bonds is 4. The van der Waals surface area contributed by atoms with Crippen molar-refractivity contribution in [2.24, 2.45) is 47.3 Å². The van der Waals surface area contributed by atoms with Crippen LogP contribution in [0, 0.1) is 47.3 Å². The van der Waals surface area contributed by atoms with Crippen LogP contribution in [0.25, 0.3) is 0 Å². The zero-order chi connectivity index (χ0) is 34.0. The van der Waals surface area contributed by atoms with Gasteiger partial charge in [-0.2, -0.15) is 0 Å². The fraction of sp³-hybridized carbons (Fsp3) is 0.974. The predicted molar refractivity (Wildman–Crippen MR) is 176 cm³/mol. The lowest BCUT2D eigenvalue weighted by Crippen LogP contribution is -2.71. The summed E-state index contributed by atoms with van der Waals surface area (Å²) in [6.45, 7) is 19.4. The predicted octanol–water partition coefficient (Wildman–Crippen LogP) is 8.11. The van der Waals surface area contributed by atoms with Crippen LogP contribution in [0.2, 0.25) is 0 Å². The lowest BCUT2D eigenvalue weighted by Gasteiger charge is -2.62. The van der Waals surface area contributed by atoms with Crippen LogP contribution in [-0.4, -0.2) is 64.7 Å². The molecule has 6 saturated heterocycles. The molecule has 10 rings (SSSR count). The van der Waals surface area contributed by atoms with Crippen molar-refractivity contribution in [1.82, 2.24) is 0 Å². The van der Waals surface area contributed by atoms with E-state index in [-0.39, 0.29) is 53.4 Å². The molecule has 0 aromatic heterocycles. The van der Waals surface area contributed by atoms with Gasteiger partial charge in [-0.3, -0.25) is 0 Å². The Morgan fingerprint density at radius 2 is 1.23 bits per heavy atom. The maximum atomic E-state index is 13.5. The van der Waals surface area contributed by atoms with Gasteiger partial charge in [0.15, 0.2) is 0 Å². The van der Waals surface area contributed by atoms with Gasteiger partial charge in [0.25, 0.3) is 0 Å². The van der Waals surface area contributed by atoms with Gasteiger partial charge in [0.1, 0.15) is 34.1 Å². The molecule has 9 nitrogen and oxygen atoms in total. The summed E-state index contributed by atoms with van der Waals surface area (Å²) in [6.07, 6.45) is 9.01. The molecule has 6 aliphatic heterocycles. The van der Waals surface area contributed by atoms with Crippen molar-refractivity contribution < 1.29 is 43.3 Å². The number of ether oxygens (including phenoxy) is 4. The van der Waals surface area contributed by atoms with Gasteiger partial charge in [-0.25, -0.2) is 24.3 Å². The van der Waals surface area contributed by atoms with Gasteiger partial charge in [0.2, 0.25) is 0 Å². The van der Waals surface area contributed by atoms with Gasteiger partial charge in [0.05, 0.1) is 24.4 Å². The number of carbonyl (C=O) groups is 1. The molecule has 0 amide bonds. The Morgan fingerprint density at radius 3 is 1.77 bits per heavy atom. The molecule has 48 heavy (non-hydrogen) atoms. The Morgan fingerprint density at radius 1 is 0.708 bits per heavy atom. The molecule has 272 valence electrons. The quantitative estimate of drug-likeness (QED) is 0.217. The van der Waals surface area contributed by atoms with Crippen LogP contribution in [0.15, 0.2) is 0 Å². The first-order chi connectivity index (χ1) is 22.6. The molecule has 10 aliphatic rings. The highest BCUT2D eigenvalue weighted by molar-refractivity contribution is 5.60. The van der Waals surface area contributed by atoms with E-state index in [9.17, 15) is 4.79 Å². The van der Waals surface area contributed by atoms with Crippen molar-refractivity contribution >= 4 is 6.16 Å². The minimum Gasteiger partial charge on any atom is -0.429 e. The number of hydrogen-bond donors (Lipinski definition) is 0. The molecule has 4 aliphatic carbocycles. The van der Waals surface area contributed by atoms with Crippen LogP contribution in [0.3, 0.4) is 0 Å². The van der Waals surface area contributed by atoms with Gasteiger partial charge in [-0.05, 0) is 133 Å². The van der Waals surface area contributed by atoms with Crippen molar-refractivity contribution in [3.05, 3.63) is 0 Å². The Labute approximate surface area is 287 Å². The third-order valence-corrected chi connectivity index (χ3v) is 15.0. The minimum atomic E-state index is -0.668. The summed E-state index contributed by atoms with van der Waals surface area (Å²) in [6, 6.07) is 0. The fourth-order valence-electron chi connectivity index (χ4n) is 12.6. The normalized spacial score (nSPS) is 54.7. The molecule has 0 N–H and O–H groups in total. The molecule has 2 spiro atoms. The van der Waals surface area contributed by atoms with E-state index < -0.39 is 29.1 Å².